The van der Waals surface area contributed by atoms with E-state index in [2.05, 4.69) is 4.90 Å². The standard InChI is InChI=1S/C12H19NO2/c1-14-12-8-6-7-9(10(7)12)11(8)13-2-4-15-5-3-13/h7-12H,2-6H2,1H3. The Balaban J connectivity index is 1.55. The van der Waals surface area contributed by atoms with Gasteiger partial charge in [0, 0.05) is 32.2 Å². The molecule has 0 aromatic carbocycles. The molecule has 6 unspecified atom stereocenters. The first-order chi connectivity index (χ1) is 7.42. The molecule has 0 aromatic heterocycles. The van der Waals surface area contributed by atoms with Crippen LogP contribution in [0.15, 0.2) is 0 Å². The zero-order valence-electron chi connectivity index (χ0n) is 9.26. The maximum atomic E-state index is 5.68. The molecule has 15 heavy (non-hydrogen) atoms. The minimum Gasteiger partial charge on any atom is -0.381 e. The van der Waals surface area contributed by atoms with E-state index in [1.54, 1.807) is 0 Å². The van der Waals surface area contributed by atoms with Crippen molar-refractivity contribution in [2.24, 2.45) is 23.7 Å². The summed E-state index contributed by atoms with van der Waals surface area (Å²) in [7, 11) is 1.90. The SMILES string of the molecule is COC1C2CC3C1C3C2N1CCOCC1. The summed E-state index contributed by atoms with van der Waals surface area (Å²) in [6.07, 6.45) is 2.03. The van der Waals surface area contributed by atoms with Crippen LogP contribution in [0, 0.1) is 23.7 Å². The molecule has 5 fully saturated rings. The third-order valence-electron chi connectivity index (χ3n) is 5.21. The molecule has 0 radical (unpaired) electrons. The van der Waals surface area contributed by atoms with Gasteiger partial charge in [-0.15, -0.1) is 0 Å². The molecule has 4 saturated carbocycles. The molecular weight excluding hydrogens is 190 g/mol. The molecule has 6 atom stereocenters. The van der Waals surface area contributed by atoms with Gasteiger partial charge in [0.15, 0.2) is 0 Å². The number of rotatable bonds is 2. The van der Waals surface area contributed by atoms with Crippen LogP contribution in [-0.4, -0.2) is 50.5 Å². The average molecular weight is 209 g/mol. The van der Waals surface area contributed by atoms with Gasteiger partial charge in [-0.05, 0) is 24.2 Å². The summed E-state index contributed by atoms with van der Waals surface area (Å²) in [5.41, 5.74) is 0. The normalized spacial score (nSPS) is 57.4. The van der Waals surface area contributed by atoms with Crippen LogP contribution in [0.1, 0.15) is 6.42 Å². The molecule has 0 amide bonds. The summed E-state index contributed by atoms with van der Waals surface area (Å²) in [4.78, 5) is 2.68. The van der Waals surface area contributed by atoms with Gasteiger partial charge in [-0.25, -0.2) is 0 Å². The molecule has 4 aliphatic carbocycles. The van der Waals surface area contributed by atoms with Crippen molar-refractivity contribution in [3.8, 4) is 0 Å². The quantitative estimate of drug-likeness (QED) is 0.664. The third kappa shape index (κ3) is 1.02. The van der Waals surface area contributed by atoms with E-state index in [1.807, 2.05) is 7.11 Å². The molecule has 84 valence electrons. The largest absolute Gasteiger partial charge is 0.381 e. The summed E-state index contributed by atoms with van der Waals surface area (Å²) in [5.74, 6) is 3.77. The van der Waals surface area contributed by atoms with E-state index in [4.69, 9.17) is 9.47 Å². The Kier molecular flexibility index (Phi) is 1.77. The lowest BCUT2D eigenvalue weighted by Crippen LogP contribution is -2.46. The lowest BCUT2D eigenvalue weighted by Gasteiger charge is -2.35. The lowest BCUT2D eigenvalue weighted by atomic mass is 10.0. The summed E-state index contributed by atoms with van der Waals surface area (Å²) in [5, 5.41) is 0. The van der Waals surface area contributed by atoms with Crippen LogP contribution in [-0.2, 0) is 9.47 Å². The Bertz CT molecular complexity index is 277. The zero-order chi connectivity index (χ0) is 9.99. The van der Waals surface area contributed by atoms with Crippen molar-refractivity contribution >= 4 is 0 Å². The molecule has 5 aliphatic rings. The Morgan fingerprint density at radius 2 is 1.93 bits per heavy atom. The molecule has 1 saturated heterocycles. The van der Waals surface area contributed by atoms with E-state index in [1.165, 1.54) is 6.42 Å². The first-order valence-electron chi connectivity index (χ1n) is 6.26. The highest BCUT2D eigenvalue weighted by molar-refractivity contribution is 5.24. The van der Waals surface area contributed by atoms with Crippen molar-refractivity contribution in [1.82, 2.24) is 4.90 Å². The fourth-order valence-electron chi connectivity index (χ4n) is 4.76. The molecule has 3 nitrogen and oxygen atoms in total. The van der Waals surface area contributed by atoms with E-state index in [-0.39, 0.29) is 0 Å². The summed E-state index contributed by atoms with van der Waals surface area (Å²) in [6, 6.07) is 0.842. The third-order valence-corrected chi connectivity index (χ3v) is 5.21. The van der Waals surface area contributed by atoms with Crippen molar-refractivity contribution in [3.05, 3.63) is 0 Å². The summed E-state index contributed by atoms with van der Waals surface area (Å²) < 4.78 is 11.1. The molecule has 3 heteroatoms. The van der Waals surface area contributed by atoms with Gasteiger partial charge >= 0.3 is 0 Å². The number of ether oxygens (including phenoxy) is 2. The van der Waals surface area contributed by atoms with Crippen molar-refractivity contribution in [1.29, 1.82) is 0 Å². The van der Waals surface area contributed by atoms with Crippen LogP contribution in [0.5, 0.6) is 0 Å². The fraction of sp³-hybridized carbons (Fsp3) is 1.00. The molecule has 4 bridgehead atoms. The number of morpholine rings is 1. The lowest BCUT2D eigenvalue weighted by molar-refractivity contribution is -0.00604. The van der Waals surface area contributed by atoms with Crippen LogP contribution in [0.4, 0.5) is 0 Å². The predicted octanol–water partition coefficient (Wildman–Crippen LogP) is 0.598. The Morgan fingerprint density at radius 1 is 1.13 bits per heavy atom. The summed E-state index contributed by atoms with van der Waals surface area (Å²) >= 11 is 0. The second-order valence-electron chi connectivity index (χ2n) is 5.56. The number of methoxy groups -OCH3 is 1. The highest BCUT2D eigenvalue weighted by atomic mass is 16.5. The second kappa shape index (κ2) is 2.96. The molecule has 5 rings (SSSR count). The zero-order valence-corrected chi connectivity index (χ0v) is 9.26. The smallest absolute Gasteiger partial charge is 0.0648 e. The molecular formula is C12H19NO2. The van der Waals surface area contributed by atoms with Crippen molar-refractivity contribution < 1.29 is 9.47 Å². The second-order valence-corrected chi connectivity index (χ2v) is 5.56. The van der Waals surface area contributed by atoms with Gasteiger partial charge in [-0.1, -0.05) is 0 Å². The van der Waals surface area contributed by atoms with Gasteiger partial charge in [0.25, 0.3) is 0 Å². The van der Waals surface area contributed by atoms with Crippen LogP contribution in [0.3, 0.4) is 0 Å². The van der Waals surface area contributed by atoms with Gasteiger partial charge in [-0.2, -0.15) is 0 Å². The number of hydrogen-bond acceptors (Lipinski definition) is 3. The van der Waals surface area contributed by atoms with E-state index >= 15 is 0 Å². The average Bonchev–Trinajstić information content (AvgIpc) is 2.69. The van der Waals surface area contributed by atoms with Crippen LogP contribution in [0.25, 0.3) is 0 Å². The highest BCUT2D eigenvalue weighted by Crippen LogP contribution is 2.72. The van der Waals surface area contributed by atoms with Crippen molar-refractivity contribution in [3.63, 3.8) is 0 Å². The molecule has 1 heterocycles. The molecule has 0 N–H and O–H groups in total. The van der Waals surface area contributed by atoms with Crippen LogP contribution >= 0.6 is 0 Å². The minimum absolute atomic E-state index is 0.591. The maximum Gasteiger partial charge on any atom is 0.0648 e. The Hall–Kier alpha value is -0.120. The van der Waals surface area contributed by atoms with E-state index < -0.39 is 0 Å². The van der Waals surface area contributed by atoms with Crippen molar-refractivity contribution in [2.75, 3.05) is 33.4 Å². The fourth-order valence-corrected chi connectivity index (χ4v) is 4.76. The van der Waals surface area contributed by atoms with Gasteiger partial charge < -0.3 is 9.47 Å². The van der Waals surface area contributed by atoms with E-state index in [9.17, 15) is 0 Å². The molecule has 1 aliphatic heterocycles. The van der Waals surface area contributed by atoms with Gasteiger partial charge in [0.2, 0.25) is 0 Å². The van der Waals surface area contributed by atoms with Gasteiger partial charge in [0.05, 0.1) is 19.3 Å². The Morgan fingerprint density at radius 3 is 2.53 bits per heavy atom. The maximum absolute atomic E-state index is 5.68. The van der Waals surface area contributed by atoms with Crippen molar-refractivity contribution in [2.45, 2.75) is 18.6 Å². The monoisotopic (exact) mass is 209 g/mol. The number of nitrogens with zero attached hydrogens (tertiary/aromatic N) is 1. The van der Waals surface area contributed by atoms with E-state index in [0.29, 0.717) is 6.10 Å². The first-order valence-corrected chi connectivity index (χ1v) is 6.26. The first kappa shape index (κ1) is 8.97. The Labute approximate surface area is 90.7 Å². The van der Waals surface area contributed by atoms with Crippen LogP contribution in [0.2, 0.25) is 0 Å². The summed E-state index contributed by atoms with van der Waals surface area (Å²) in [6.45, 7) is 4.16. The van der Waals surface area contributed by atoms with Gasteiger partial charge in [-0.3, -0.25) is 4.90 Å². The predicted molar refractivity (Wildman–Crippen MR) is 55.6 cm³/mol. The topological polar surface area (TPSA) is 21.7 Å². The molecule has 0 spiro atoms. The van der Waals surface area contributed by atoms with Crippen LogP contribution < -0.4 is 0 Å². The van der Waals surface area contributed by atoms with Gasteiger partial charge in [0.1, 0.15) is 0 Å². The van der Waals surface area contributed by atoms with E-state index in [0.717, 1.165) is 56.0 Å². The minimum atomic E-state index is 0.591. The number of hydrogen-bond donors (Lipinski definition) is 0. The molecule has 0 aromatic rings. The highest BCUT2D eigenvalue weighted by Gasteiger charge is 2.74.